The Morgan fingerprint density at radius 3 is 2.43 bits per heavy atom. The number of benzene rings is 2. The first-order valence-electron chi connectivity index (χ1n) is 10.3. The summed E-state index contributed by atoms with van der Waals surface area (Å²) < 4.78 is 35.8. The SMILES string of the molecule is CC(C)c1ccc(CN(C(=O)[C@H]2COc3ccccc3O2)[C@@H]2CCS(=O)(=O)C2)cc1. The number of hydrogen-bond acceptors (Lipinski definition) is 5. The Labute approximate surface area is 177 Å². The zero-order chi connectivity index (χ0) is 21.3. The van der Waals surface area contributed by atoms with Gasteiger partial charge in [-0.3, -0.25) is 4.79 Å². The van der Waals surface area contributed by atoms with E-state index in [1.807, 2.05) is 24.3 Å². The van der Waals surface area contributed by atoms with E-state index in [-0.39, 0.29) is 30.1 Å². The van der Waals surface area contributed by atoms with E-state index in [1.54, 1.807) is 17.0 Å². The smallest absolute Gasteiger partial charge is 0.267 e. The molecule has 30 heavy (non-hydrogen) atoms. The van der Waals surface area contributed by atoms with Crippen molar-refractivity contribution in [3.8, 4) is 11.5 Å². The Kier molecular flexibility index (Phi) is 5.73. The van der Waals surface area contributed by atoms with Crippen LogP contribution in [0.15, 0.2) is 48.5 Å². The lowest BCUT2D eigenvalue weighted by atomic mass is 10.0. The van der Waals surface area contributed by atoms with Gasteiger partial charge in [0.25, 0.3) is 5.91 Å². The molecule has 0 unspecified atom stereocenters. The number of carbonyl (C=O) groups excluding carboxylic acids is 1. The summed E-state index contributed by atoms with van der Waals surface area (Å²) in [4.78, 5) is 15.1. The molecule has 2 aromatic carbocycles. The van der Waals surface area contributed by atoms with E-state index >= 15 is 0 Å². The molecule has 0 spiro atoms. The molecule has 0 N–H and O–H groups in total. The first-order valence-corrected chi connectivity index (χ1v) is 12.1. The van der Waals surface area contributed by atoms with Gasteiger partial charge < -0.3 is 14.4 Å². The number of carbonyl (C=O) groups is 1. The number of ether oxygens (including phenoxy) is 2. The molecule has 0 radical (unpaired) electrons. The molecule has 160 valence electrons. The molecule has 2 atom stereocenters. The van der Waals surface area contributed by atoms with Crippen LogP contribution >= 0.6 is 0 Å². The summed E-state index contributed by atoms with van der Waals surface area (Å²) in [7, 11) is -3.13. The number of fused-ring (bicyclic) bond motifs is 1. The van der Waals surface area contributed by atoms with Gasteiger partial charge in [0.2, 0.25) is 6.10 Å². The van der Waals surface area contributed by atoms with Crippen molar-refractivity contribution in [2.75, 3.05) is 18.1 Å². The second-order valence-corrected chi connectivity index (χ2v) is 10.5. The number of amides is 1. The van der Waals surface area contributed by atoms with Gasteiger partial charge in [-0.25, -0.2) is 8.42 Å². The molecule has 7 heteroatoms. The molecule has 0 aromatic heterocycles. The summed E-state index contributed by atoms with van der Waals surface area (Å²) in [5.41, 5.74) is 2.19. The van der Waals surface area contributed by atoms with Crippen LogP contribution in [0, 0.1) is 0 Å². The number of rotatable bonds is 5. The molecule has 2 aromatic rings. The number of hydrogen-bond donors (Lipinski definition) is 0. The van der Waals surface area contributed by atoms with Gasteiger partial charge in [-0.1, -0.05) is 50.2 Å². The Bertz CT molecular complexity index is 1020. The van der Waals surface area contributed by atoms with E-state index in [9.17, 15) is 13.2 Å². The summed E-state index contributed by atoms with van der Waals surface area (Å²) in [6.07, 6.45) is -0.347. The fourth-order valence-corrected chi connectivity index (χ4v) is 5.67. The van der Waals surface area contributed by atoms with Crippen molar-refractivity contribution in [3.63, 3.8) is 0 Å². The van der Waals surface area contributed by atoms with Crippen LogP contribution in [-0.2, 0) is 21.2 Å². The lowest BCUT2D eigenvalue weighted by Crippen LogP contribution is -2.50. The van der Waals surface area contributed by atoms with Crippen LogP contribution < -0.4 is 9.47 Å². The van der Waals surface area contributed by atoms with Crippen LogP contribution in [0.5, 0.6) is 11.5 Å². The van der Waals surface area contributed by atoms with Gasteiger partial charge in [-0.2, -0.15) is 0 Å². The summed E-state index contributed by atoms with van der Waals surface area (Å²) in [6, 6.07) is 15.0. The lowest BCUT2D eigenvalue weighted by Gasteiger charge is -2.34. The van der Waals surface area contributed by atoms with Gasteiger partial charge in [0, 0.05) is 12.6 Å². The van der Waals surface area contributed by atoms with E-state index in [4.69, 9.17) is 9.47 Å². The number of para-hydroxylation sites is 2. The topological polar surface area (TPSA) is 72.9 Å². The van der Waals surface area contributed by atoms with Crippen molar-refractivity contribution in [3.05, 3.63) is 59.7 Å². The van der Waals surface area contributed by atoms with Gasteiger partial charge in [0.05, 0.1) is 11.5 Å². The normalized spacial score (nSPS) is 22.1. The third-order valence-electron chi connectivity index (χ3n) is 5.72. The minimum absolute atomic E-state index is 0.00696. The molecular weight excluding hydrogens is 402 g/mol. The van der Waals surface area contributed by atoms with Crippen LogP contribution in [0.25, 0.3) is 0 Å². The molecule has 0 bridgehead atoms. The summed E-state index contributed by atoms with van der Waals surface area (Å²) in [5, 5.41) is 0. The Morgan fingerprint density at radius 2 is 1.80 bits per heavy atom. The molecule has 1 amide bonds. The molecule has 2 aliphatic heterocycles. The van der Waals surface area contributed by atoms with E-state index < -0.39 is 15.9 Å². The second kappa shape index (κ2) is 8.30. The Balaban J connectivity index is 1.56. The second-order valence-electron chi connectivity index (χ2n) is 8.28. The molecule has 2 aliphatic rings. The zero-order valence-electron chi connectivity index (χ0n) is 17.3. The van der Waals surface area contributed by atoms with Gasteiger partial charge >= 0.3 is 0 Å². The highest BCUT2D eigenvalue weighted by atomic mass is 32.2. The number of nitrogens with zero attached hydrogens (tertiary/aromatic N) is 1. The molecule has 0 saturated carbocycles. The quantitative estimate of drug-likeness (QED) is 0.730. The molecule has 6 nitrogen and oxygen atoms in total. The predicted molar refractivity (Wildman–Crippen MR) is 114 cm³/mol. The van der Waals surface area contributed by atoms with Crippen molar-refractivity contribution in [1.29, 1.82) is 0 Å². The fourth-order valence-electron chi connectivity index (χ4n) is 3.94. The third kappa shape index (κ3) is 4.46. The summed E-state index contributed by atoms with van der Waals surface area (Å²) >= 11 is 0. The lowest BCUT2D eigenvalue weighted by molar-refractivity contribution is -0.143. The summed E-state index contributed by atoms with van der Waals surface area (Å²) in [6.45, 7) is 4.72. The van der Waals surface area contributed by atoms with E-state index in [1.165, 1.54) is 5.56 Å². The van der Waals surface area contributed by atoms with Gasteiger partial charge in [0.1, 0.15) is 6.61 Å². The van der Waals surface area contributed by atoms with E-state index in [0.29, 0.717) is 30.4 Å². The van der Waals surface area contributed by atoms with Gasteiger partial charge in [0.15, 0.2) is 21.3 Å². The highest BCUT2D eigenvalue weighted by molar-refractivity contribution is 7.91. The Morgan fingerprint density at radius 1 is 1.10 bits per heavy atom. The first-order chi connectivity index (χ1) is 14.3. The van der Waals surface area contributed by atoms with Crippen LogP contribution in [0.1, 0.15) is 37.3 Å². The van der Waals surface area contributed by atoms with Gasteiger partial charge in [-0.05, 0) is 35.6 Å². The summed E-state index contributed by atoms with van der Waals surface area (Å²) in [5.74, 6) is 1.43. The predicted octanol–water partition coefficient (Wildman–Crippen LogP) is 3.17. The minimum atomic E-state index is -3.13. The van der Waals surface area contributed by atoms with Crippen LogP contribution in [0.4, 0.5) is 0 Å². The molecule has 1 fully saturated rings. The van der Waals surface area contributed by atoms with Crippen molar-refractivity contribution in [2.45, 2.75) is 44.9 Å². The Hall–Kier alpha value is -2.54. The largest absolute Gasteiger partial charge is 0.485 e. The van der Waals surface area contributed by atoms with Crippen LogP contribution in [-0.4, -0.2) is 49.5 Å². The maximum Gasteiger partial charge on any atom is 0.267 e. The van der Waals surface area contributed by atoms with Crippen molar-refractivity contribution < 1.29 is 22.7 Å². The number of sulfone groups is 1. The highest BCUT2D eigenvalue weighted by Crippen LogP contribution is 2.32. The van der Waals surface area contributed by atoms with E-state index in [0.717, 1.165) is 5.56 Å². The fraction of sp³-hybridized carbons (Fsp3) is 0.435. The van der Waals surface area contributed by atoms with Crippen molar-refractivity contribution >= 4 is 15.7 Å². The molecule has 1 saturated heterocycles. The van der Waals surface area contributed by atoms with Crippen molar-refractivity contribution in [2.24, 2.45) is 0 Å². The maximum absolute atomic E-state index is 13.4. The minimum Gasteiger partial charge on any atom is -0.485 e. The van der Waals surface area contributed by atoms with E-state index in [2.05, 4.69) is 26.0 Å². The monoisotopic (exact) mass is 429 g/mol. The molecular formula is C23H27NO5S. The highest BCUT2D eigenvalue weighted by Gasteiger charge is 2.39. The average molecular weight is 430 g/mol. The maximum atomic E-state index is 13.4. The van der Waals surface area contributed by atoms with Crippen molar-refractivity contribution in [1.82, 2.24) is 4.90 Å². The molecule has 0 aliphatic carbocycles. The van der Waals surface area contributed by atoms with Crippen LogP contribution in [0.3, 0.4) is 0 Å². The first kappa shape index (κ1) is 20.7. The molecule has 2 heterocycles. The third-order valence-corrected chi connectivity index (χ3v) is 7.47. The van der Waals surface area contributed by atoms with Crippen LogP contribution in [0.2, 0.25) is 0 Å². The van der Waals surface area contributed by atoms with Gasteiger partial charge in [-0.15, -0.1) is 0 Å². The molecule has 4 rings (SSSR count). The zero-order valence-corrected chi connectivity index (χ0v) is 18.1. The average Bonchev–Trinajstić information content (AvgIpc) is 3.11. The standard InChI is InChI=1S/C23H27NO5S/c1-16(2)18-9-7-17(8-10-18)13-24(19-11-12-30(26,27)15-19)23(25)22-14-28-20-5-3-4-6-21(20)29-22/h3-10,16,19,22H,11-15H2,1-2H3/t19-,22-/m1/s1.